The molecule has 0 atom stereocenters. The first-order valence-electron chi connectivity index (χ1n) is 7.11. The lowest BCUT2D eigenvalue weighted by atomic mass is 10.2. The number of benzene rings is 2. The average Bonchev–Trinajstić information content (AvgIpc) is 2.60. The van der Waals surface area contributed by atoms with Crippen molar-refractivity contribution in [1.82, 2.24) is 0 Å². The second-order valence-corrected chi connectivity index (χ2v) is 5.35. The fourth-order valence-corrected chi connectivity index (χ4v) is 2.13. The van der Waals surface area contributed by atoms with E-state index in [1.165, 1.54) is 37.4 Å². The van der Waals surface area contributed by atoms with Crippen molar-refractivity contribution < 1.29 is 23.9 Å². The van der Waals surface area contributed by atoms with E-state index in [-0.39, 0.29) is 17.9 Å². The Kier molecular flexibility index (Phi) is 5.97. The van der Waals surface area contributed by atoms with Crippen LogP contribution in [-0.2, 0) is 9.53 Å². The van der Waals surface area contributed by atoms with E-state index in [4.69, 9.17) is 22.1 Å². The van der Waals surface area contributed by atoms with Crippen LogP contribution in [0.25, 0.3) is 0 Å². The topological polar surface area (TPSA) is 108 Å². The summed E-state index contributed by atoms with van der Waals surface area (Å²) in [6, 6.07) is 10.5. The molecular weight excluding hydrogens is 348 g/mol. The molecule has 130 valence electrons. The number of halogens is 1. The third kappa shape index (κ3) is 4.95. The van der Waals surface area contributed by atoms with Crippen molar-refractivity contribution >= 4 is 35.1 Å². The Morgan fingerprint density at radius 1 is 1.12 bits per heavy atom. The highest BCUT2D eigenvalue weighted by Crippen LogP contribution is 2.23. The lowest BCUT2D eigenvalue weighted by Gasteiger charge is -2.11. The summed E-state index contributed by atoms with van der Waals surface area (Å²) >= 11 is 5.85. The lowest BCUT2D eigenvalue weighted by Crippen LogP contribution is -2.21. The minimum absolute atomic E-state index is 0.119. The van der Waals surface area contributed by atoms with Crippen LogP contribution >= 0.6 is 11.6 Å². The van der Waals surface area contributed by atoms with Gasteiger partial charge < -0.3 is 20.5 Å². The van der Waals surface area contributed by atoms with Crippen molar-refractivity contribution in [3.05, 3.63) is 58.6 Å². The number of rotatable bonds is 6. The van der Waals surface area contributed by atoms with Gasteiger partial charge in [0.25, 0.3) is 5.91 Å². The van der Waals surface area contributed by atoms with Crippen LogP contribution in [0, 0.1) is 0 Å². The fourth-order valence-electron chi connectivity index (χ4n) is 1.96. The fraction of sp³-hybridized carbons (Fsp3) is 0.118. The molecule has 25 heavy (non-hydrogen) atoms. The van der Waals surface area contributed by atoms with Gasteiger partial charge in [0, 0.05) is 16.3 Å². The van der Waals surface area contributed by atoms with E-state index >= 15 is 0 Å². The molecule has 0 fully saturated rings. The van der Waals surface area contributed by atoms with Crippen molar-refractivity contribution in [3.63, 3.8) is 0 Å². The number of primary amides is 1. The number of methoxy groups -OCH3 is 1. The summed E-state index contributed by atoms with van der Waals surface area (Å²) in [7, 11) is 1.23. The van der Waals surface area contributed by atoms with Crippen LogP contribution in [0.2, 0.25) is 5.02 Å². The number of nitrogens with one attached hydrogen (secondary N) is 1. The molecule has 2 aromatic carbocycles. The zero-order valence-electron chi connectivity index (χ0n) is 13.2. The van der Waals surface area contributed by atoms with Gasteiger partial charge in [-0.1, -0.05) is 11.6 Å². The zero-order valence-corrected chi connectivity index (χ0v) is 14.0. The molecule has 2 amide bonds. The molecule has 0 aliphatic carbocycles. The molecule has 0 aliphatic rings. The Hall–Kier alpha value is -3.06. The van der Waals surface area contributed by atoms with E-state index in [1.807, 2.05) is 0 Å². The molecule has 8 heteroatoms. The van der Waals surface area contributed by atoms with E-state index in [9.17, 15) is 14.4 Å². The maximum atomic E-state index is 12.0. The maximum Gasteiger partial charge on any atom is 0.341 e. The minimum atomic E-state index is -0.625. The monoisotopic (exact) mass is 362 g/mol. The molecule has 3 N–H and O–H groups in total. The third-order valence-corrected chi connectivity index (χ3v) is 3.39. The minimum Gasteiger partial charge on any atom is -0.483 e. The molecule has 0 bridgehead atoms. The number of anilines is 1. The Morgan fingerprint density at radius 3 is 2.40 bits per heavy atom. The molecule has 0 heterocycles. The summed E-state index contributed by atoms with van der Waals surface area (Å²) in [5.74, 6) is -1.45. The molecule has 2 rings (SSSR count). The molecule has 2 aromatic rings. The van der Waals surface area contributed by atoms with Gasteiger partial charge in [0.15, 0.2) is 6.61 Å². The normalized spacial score (nSPS) is 10.0. The van der Waals surface area contributed by atoms with Crippen LogP contribution < -0.4 is 15.8 Å². The second kappa shape index (κ2) is 8.16. The predicted octanol–water partition coefficient (Wildman–Crippen LogP) is 2.24. The molecule has 0 radical (unpaired) electrons. The number of carbonyl (C=O) groups is 3. The van der Waals surface area contributed by atoms with Gasteiger partial charge in [0.2, 0.25) is 5.91 Å². The number of ether oxygens (including phenoxy) is 2. The SMILES string of the molecule is COC(=O)c1cc(Cl)ccc1OCC(=O)Nc1ccc(C(N)=O)cc1. The van der Waals surface area contributed by atoms with Gasteiger partial charge in [0.1, 0.15) is 11.3 Å². The summed E-state index contributed by atoms with van der Waals surface area (Å²) in [6.45, 7) is -0.330. The van der Waals surface area contributed by atoms with E-state index in [1.54, 1.807) is 12.1 Å². The van der Waals surface area contributed by atoms with Crippen molar-refractivity contribution in [2.75, 3.05) is 19.0 Å². The quantitative estimate of drug-likeness (QED) is 0.766. The third-order valence-electron chi connectivity index (χ3n) is 3.16. The number of hydrogen-bond donors (Lipinski definition) is 2. The Balaban J connectivity index is 2.00. The first-order valence-corrected chi connectivity index (χ1v) is 7.49. The number of nitrogens with two attached hydrogens (primary N) is 1. The molecule has 0 unspecified atom stereocenters. The van der Waals surface area contributed by atoms with Crippen LogP contribution in [0.15, 0.2) is 42.5 Å². The zero-order chi connectivity index (χ0) is 18.4. The highest BCUT2D eigenvalue weighted by atomic mass is 35.5. The van der Waals surface area contributed by atoms with Crippen LogP contribution in [0.1, 0.15) is 20.7 Å². The van der Waals surface area contributed by atoms with Crippen molar-refractivity contribution in [2.24, 2.45) is 5.73 Å². The van der Waals surface area contributed by atoms with E-state index < -0.39 is 17.8 Å². The van der Waals surface area contributed by atoms with Crippen LogP contribution in [0.4, 0.5) is 5.69 Å². The van der Waals surface area contributed by atoms with Gasteiger partial charge in [-0.2, -0.15) is 0 Å². The Labute approximate surface area is 148 Å². The van der Waals surface area contributed by atoms with Gasteiger partial charge in [-0.3, -0.25) is 9.59 Å². The van der Waals surface area contributed by atoms with Crippen molar-refractivity contribution in [2.45, 2.75) is 0 Å². The van der Waals surface area contributed by atoms with Crippen LogP contribution in [-0.4, -0.2) is 31.5 Å². The summed E-state index contributed by atoms with van der Waals surface area (Å²) in [6.07, 6.45) is 0. The Bertz CT molecular complexity index is 805. The standard InChI is InChI=1S/C17H15ClN2O5/c1-24-17(23)13-8-11(18)4-7-14(13)25-9-15(21)20-12-5-2-10(3-6-12)16(19)22/h2-8H,9H2,1H3,(H2,19,22)(H,20,21). The number of amides is 2. The smallest absolute Gasteiger partial charge is 0.341 e. The molecule has 0 spiro atoms. The van der Waals surface area contributed by atoms with E-state index in [0.29, 0.717) is 16.3 Å². The molecular formula is C17H15ClN2O5. The second-order valence-electron chi connectivity index (χ2n) is 4.91. The first kappa shape index (κ1) is 18.3. The summed E-state index contributed by atoms with van der Waals surface area (Å²) < 4.78 is 10.0. The van der Waals surface area contributed by atoms with Gasteiger partial charge in [-0.15, -0.1) is 0 Å². The van der Waals surface area contributed by atoms with E-state index in [2.05, 4.69) is 10.1 Å². The largest absolute Gasteiger partial charge is 0.483 e. The summed E-state index contributed by atoms with van der Waals surface area (Å²) in [5, 5.41) is 2.93. The first-order chi connectivity index (χ1) is 11.9. The lowest BCUT2D eigenvalue weighted by molar-refractivity contribution is -0.118. The summed E-state index contributed by atoms with van der Waals surface area (Å²) in [5.41, 5.74) is 6.07. The highest BCUT2D eigenvalue weighted by Gasteiger charge is 2.15. The van der Waals surface area contributed by atoms with Gasteiger partial charge in [0.05, 0.1) is 7.11 Å². The molecule has 0 aliphatic heterocycles. The van der Waals surface area contributed by atoms with Gasteiger partial charge in [-0.05, 0) is 42.5 Å². The van der Waals surface area contributed by atoms with Crippen molar-refractivity contribution in [3.8, 4) is 5.75 Å². The summed E-state index contributed by atoms with van der Waals surface area (Å²) in [4.78, 5) is 34.7. The average molecular weight is 363 g/mol. The predicted molar refractivity (Wildman–Crippen MR) is 91.9 cm³/mol. The molecule has 0 saturated carbocycles. The number of hydrogen-bond acceptors (Lipinski definition) is 5. The number of esters is 1. The molecule has 0 saturated heterocycles. The molecule has 0 aromatic heterocycles. The van der Waals surface area contributed by atoms with E-state index in [0.717, 1.165) is 0 Å². The van der Waals surface area contributed by atoms with Crippen LogP contribution in [0.5, 0.6) is 5.75 Å². The molecule has 7 nitrogen and oxygen atoms in total. The number of carbonyl (C=O) groups excluding carboxylic acids is 3. The van der Waals surface area contributed by atoms with Gasteiger partial charge >= 0.3 is 5.97 Å². The maximum absolute atomic E-state index is 12.0. The van der Waals surface area contributed by atoms with Gasteiger partial charge in [-0.25, -0.2) is 4.79 Å². The Morgan fingerprint density at radius 2 is 1.80 bits per heavy atom. The highest BCUT2D eigenvalue weighted by molar-refractivity contribution is 6.31. The van der Waals surface area contributed by atoms with Crippen molar-refractivity contribution in [1.29, 1.82) is 0 Å². The van der Waals surface area contributed by atoms with Crippen LogP contribution in [0.3, 0.4) is 0 Å².